The molecule has 106 valence electrons. The molecule has 1 aromatic rings. The van der Waals surface area contributed by atoms with Crippen molar-refractivity contribution in [2.75, 3.05) is 11.9 Å². The van der Waals surface area contributed by atoms with Gasteiger partial charge in [0, 0.05) is 12.5 Å². The van der Waals surface area contributed by atoms with Gasteiger partial charge in [0.25, 0.3) is 0 Å². The summed E-state index contributed by atoms with van der Waals surface area (Å²) in [5, 5.41) is 5.15. The average Bonchev–Trinajstić information content (AvgIpc) is 2.72. The van der Waals surface area contributed by atoms with Crippen LogP contribution in [0.1, 0.15) is 13.8 Å². The number of para-hydroxylation sites is 1. The largest absolute Gasteiger partial charge is 0.355 e. The number of halogens is 1. The van der Waals surface area contributed by atoms with Crippen LogP contribution in [-0.2, 0) is 9.59 Å². The molecule has 1 aliphatic rings. The predicted octanol–water partition coefficient (Wildman–Crippen LogP) is 2.09. The molecule has 20 heavy (non-hydrogen) atoms. The second-order valence-corrected chi connectivity index (χ2v) is 5.10. The molecule has 2 N–H and O–H groups in total. The van der Waals surface area contributed by atoms with Gasteiger partial charge in [-0.05, 0) is 26.0 Å². The van der Waals surface area contributed by atoms with E-state index in [0.29, 0.717) is 6.54 Å². The summed E-state index contributed by atoms with van der Waals surface area (Å²) in [6.07, 6.45) is 1.89. The van der Waals surface area contributed by atoms with E-state index in [0.717, 1.165) is 5.57 Å². The molecule has 2 atom stereocenters. The Morgan fingerprint density at radius 3 is 2.75 bits per heavy atom. The zero-order chi connectivity index (χ0) is 14.7. The number of benzene rings is 1. The number of hydrogen-bond acceptors (Lipinski definition) is 2. The van der Waals surface area contributed by atoms with E-state index in [-0.39, 0.29) is 17.5 Å². The van der Waals surface area contributed by atoms with Crippen molar-refractivity contribution in [3.63, 3.8) is 0 Å². The van der Waals surface area contributed by atoms with Crippen LogP contribution in [-0.4, -0.2) is 18.4 Å². The number of nitrogens with one attached hydrogen (secondary N) is 2. The summed E-state index contributed by atoms with van der Waals surface area (Å²) in [6.45, 7) is 4.25. The summed E-state index contributed by atoms with van der Waals surface area (Å²) in [5.41, 5.74) is 1.13. The minimum Gasteiger partial charge on any atom is -0.355 e. The molecular weight excluding hydrogens is 259 g/mol. The molecule has 0 saturated carbocycles. The van der Waals surface area contributed by atoms with E-state index in [1.165, 1.54) is 12.1 Å². The number of anilines is 1. The first-order chi connectivity index (χ1) is 9.49. The van der Waals surface area contributed by atoms with Crippen LogP contribution < -0.4 is 10.6 Å². The van der Waals surface area contributed by atoms with Gasteiger partial charge in [-0.25, -0.2) is 4.39 Å². The highest BCUT2D eigenvalue weighted by Crippen LogP contribution is 2.23. The highest BCUT2D eigenvalue weighted by Gasteiger charge is 2.39. The van der Waals surface area contributed by atoms with Crippen LogP contribution in [0.5, 0.6) is 0 Å². The quantitative estimate of drug-likeness (QED) is 0.656. The summed E-state index contributed by atoms with van der Waals surface area (Å²) in [6, 6.07) is 5.90. The molecule has 0 spiro atoms. The third kappa shape index (κ3) is 3.04. The highest BCUT2D eigenvalue weighted by atomic mass is 19.1. The van der Waals surface area contributed by atoms with Crippen LogP contribution in [0, 0.1) is 17.7 Å². The maximum absolute atomic E-state index is 13.5. The Balaban J connectivity index is 2.17. The van der Waals surface area contributed by atoms with Crippen LogP contribution >= 0.6 is 0 Å². The maximum Gasteiger partial charge on any atom is 0.237 e. The Morgan fingerprint density at radius 1 is 1.40 bits per heavy atom. The van der Waals surface area contributed by atoms with E-state index in [4.69, 9.17) is 0 Å². The molecule has 0 radical (unpaired) electrons. The predicted molar refractivity (Wildman–Crippen MR) is 74.5 cm³/mol. The summed E-state index contributed by atoms with van der Waals surface area (Å²) in [5.74, 6) is -2.32. The van der Waals surface area contributed by atoms with E-state index in [1.54, 1.807) is 12.1 Å². The Labute approximate surface area is 117 Å². The molecule has 2 amide bonds. The fourth-order valence-corrected chi connectivity index (χ4v) is 2.31. The highest BCUT2D eigenvalue weighted by molar-refractivity contribution is 6.08. The zero-order valence-corrected chi connectivity index (χ0v) is 11.4. The van der Waals surface area contributed by atoms with Crippen molar-refractivity contribution in [1.82, 2.24) is 5.32 Å². The first kappa shape index (κ1) is 14.2. The molecule has 2 rings (SSSR count). The minimum atomic E-state index is -0.815. The second kappa shape index (κ2) is 5.86. The van der Waals surface area contributed by atoms with Crippen molar-refractivity contribution >= 4 is 17.5 Å². The summed E-state index contributed by atoms with van der Waals surface area (Å²) >= 11 is 0. The summed E-state index contributed by atoms with van der Waals surface area (Å²) in [7, 11) is 0. The Kier molecular flexibility index (Phi) is 4.17. The van der Waals surface area contributed by atoms with Gasteiger partial charge in [0.05, 0.1) is 5.69 Å². The first-order valence-electron chi connectivity index (χ1n) is 6.47. The van der Waals surface area contributed by atoms with Crippen LogP contribution in [0.2, 0.25) is 0 Å². The number of hydrogen-bond donors (Lipinski definition) is 2. The van der Waals surface area contributed by atoms with Crippen molar-refractivity contribution in [3.8, 4) is 0 Å². The molecule has 1 aliphatic heterocycles. The third-order valence-electron chi connectivity index (χ3n) is 3.18. The van der Waals surface area contributed by atoms with Gasteiger partial charge in [-0.15, -0.1) is 0 Å². The normalized spacial score (nSPS) is 21.2. The van der Waals surface area contributed by atoms with E-state index >= 15 is 0 Å². The molecule has 2 unspecified atom stereocenters. The van der Waals surface area contributed by atoms with Gasteiger partial charge in [-0.1, -0.05) is 23.8 Å². The van der Waals surface area contributed by atoms with Crippen molar-refractivity contribution in [1.29, 1.82) is 0 Å². The lowest BCUT2D eigenvalue weighted by Gasteiger charge is -2.14. The number of rotatable bonds is 3. The Hall–Kier alpha value is -2.17. The van der Waals surface area contributed by atoms with Gasteiger partial charge in [-0.3, -0.25) is 9.59 Å². The van der Waals surface area contributed by atoms with E-state index in [9.17, 15) is 14.0 Å². The molecule has 5 heteroatoms. The Morgan fingerprint density at radius 2 is 2.10 bits per heavy atom. The Bertz CT molecular complexity index is 565. The molecular formula is C15H17FN2O2. The van der Waals surface area contributed by atoms with Crippen molar-refractivity contribution < 1.29 is 14.0 Å². The fraction of sp³-hybridized carbons (Fsp3) is 0.333. The molecule has 1 fully saturated rings. The number of carbonyl (C=O) groups is 2. The number of allylic oxidation sites excluding steroid dienone is 1. The van der Waals surface area contributed by atoms with E-state index in [2.05, 4.69) is 10.6 Å². The zero-order valence-electron chi connectivity index (χ0n) is 11.4. The van der Waals surface area contributed by atoms with Gasteiger partial charge < -0.3 is 10.6 Å². The second-order valence-electron chi connectivity index (χ2n) is 5.10. The molecule has 1 saturated heterocycles. The van der Waals surface area contributed by atoms with Gasteiger partial charge in [-0.2, -0.15) is 0 Å². The molecule has 1 heterocycles. The van der Waals surface area contributed by atoms with Crippen LogP contribution in [0.3, 0.4) is 0 Å². The first-order valence-corrected chi connectivity index (χ1v) is 6.47. The topological polar surface area (TPSA) is 58.2 Å². The van der Waals surface area contributed by atoms with Crippen LogP contribution in [0.15, 0.2) is 35.9 Å². The van der Waals surface area contributed by atoms with Gasteiger partial charge in [0.1, 0.15) is 11.7 Å². The monoisotopic (exact) mass is 276 g/mol. The lowest BCUT2D eigenvalue weighted by molar-refractivity contribution is -0.130. The molecule has 0 bridgehead atoms. The molecule has 4 nitrogen and oxygen atoms in total. The van der Waals surface area contributed by atoms with Crippen molar-refractivity contribution in [2.24, 2.45) is 11.8 Å². The molecule has 1 aromatic carbocycles. The van der Waals surface area contributed by atoms with Crippen molar-refractivity contribution in [2.45, 2.75) is 13.8 Å². The third-order valence-corrected chi connectivity index (χ3v) is 3.18. The van der Waals surface area contributed by atoms with E-state index < -0.39 is 17.6 Å². The minimum absolute atomic E-state index is 0.0909. The van der Waals surface area contributed by atoms with E-state index in [1.807, 2.05) is 19.9 Å². The fourth-order valence-electron chi connectivity index (χ4n) is 2.31. The maximum atomic E-state index is 13.5. The number of amides is 2. The van der Waals surface area contributed by atoms with Crippen LogP contribution in [0.25, 0.3) is 0 Å². The SMILES string of the molecule is CC(C)=CC1CNC(=O)C1C(=O)Nc1ccccc1F. The lowest BCUT2D eigenvalue weighted by Crippen LogP contribution is -2.32. The van der Waals surface area contributed by atoms with Gasteiger partial charge in [0.15, 0.2) is 0 Å². The smallest absolute Gasteiger partial charge is 0.237 e. The molecule has 0 aliphatic carbocycles. The summed E-state index contributed by atoms with van der Waals surface area (Å²) in [4.78, 5) is 24.0. The summed E-state index contributed by atoms with van der Waals surface area (Å²) < 4.78 is 13.5. The molecule has 0 aromatic heterocycles. The van der Waals surface area contributed by atoms with Gasteiger partial charge >= 0.3 is 0 Å². The van der Waals surface area contributed by atoms with Gasteiger partial charge in [0.2, 0.25) is 11.8 Å². The van der Waals surface area contributed by atoms with Crippen molar-refractivity contribution in [3.05, 3.63) is 41.7 Å². The standard InChI is InChI=1S/C15H17FN2O2/c1-9(2)7-10-8-17-14(19)13(10)15(20)18-12-6-4-3-5-11(12)16/h3-7,10,13H,8H2,1-2H3,(H,17,19)(H,18,20). The van der Waals surface area contributed by atoms with Crippen LogP contribution in [0.4, 0.5) is 10.1 Å². The number of carbonyl (C=O) groups excluding carboxylic acids is 2. The average molecular weight is 276 g/mol. The lowest BCUT2D eigenvalue weighted by atomic mass is 9.92.